The van der Waals surface area contributed by atoms with Gasteiger partial charge in [0.2, 0.25) is 11.8 Å². The summed E-state index contributed by atoms with van der Waals surface area (Å²) in [4.78, 5) is 29.3. The maximum Gasteiger partial charge on any atom is 0.416 e. The Morgan fingerprint density at radius 1 is 1.24 bits per heavy atom. The van der Waals surface area contributed by atoms with Gasteiger partial charge in [-0.1, -0.05) is 18.2 Å². The molecule has 3 aromatic heterocycles. The van der Waals surface area contributed by atoms with E-state index < -0.39 is 17.4 Å². The number of nitrogens with zero attached hydrogens (tertiary/aromatic N) is 5. The second-order valence-corrected chi connectivity index (χ2v) is 7.54. The third-order valence-corrected chi connectivity index (χ3v) is 5.02. The number of fused-ring (bicyclic) bond motifs is 1. The largest absolute Gasteiger partial charge is 0.493 e. The highest BCUT2D eigenvalue weighted by atomic mass is 19.4. The van der Waals surface area contributed by atoms with Crippen molar-refractivity contribution in [1.82, 2.24) is 29.5 Å². The number of H-pyrrole nitrogens is 2. The van der Waals surface area contributed by atoms with Crippen molar-refractivity contribution < 1.29 is 18.3 Å². The highest BCUT2D eigenvalue weighted by Crippen LogP contribution is 2.32. The minimum absolute atomic E-state index is 0.0456. The Morgan fingerprint density at radius 3 is 2.73 bits per heavy atom. The van der Waals surface area contributed by atoms with Gasteiger partial charge in [0, 0.05) is 11.8 Å². The van der Waals surface area contributed by atoms with Gasteiger partial charge in [-0.25, -0.2) is 9.79 Å². The number of rotatable bonds is 5. The summed E-state index contributed by atoms with van der Waals surface area (Å²) in [5.41, 5.74) is -0.600. The summed E-state index contributed by atoms with van der Waals surface area (Å²) in [5.74, 6) is -0.279. The van der Waals surface area contributed by atoms with Crippen molar-refractivity contribution >= 4 is 17.7 Å². The van der Waals surface area contributed by atoms with E-state index in [-0.39, 0.29) is 41.3 Å². The van der Waals surface area contributed by atoms with Crippen LogP contribution in [0, 0.1) is 0 Å². The van der Waals surface area contributed by atoms with Crippen LogP contribution < -0.4 is 21.8 Å². The van der Waals surface area contributed by atoms with Crippen molar-refractivity contribution in [3.05, 3.63) is 68.6 Å². The first-order valence-corrected chi connectivity index (χ1v) is 9.99. The number of alkyl halides is 3. The molecule has 4 N–H and O–H groups in total. The third kappa shape index (κ3) is 4.29. The van der Waals surface area contributed by atoms with Crippen molar-refractivity contribution in [2.24, 2.45) is 4.99 Å². The molecule has 1 aromatic carbocycles. The lowest BCUT2D eigenvalue weighted by molar-refractivity contribution is -0.138. The highest BCUT2D eigenvalue weighted by molar-refractivity contribution is 5.57. The van der Waals surface area contributed by atoms with E-state index in [1.165, 1.54) is 35.0 Å². The zero-order valence-corrected chi connectivity index (χ0v) is 16.9. The van der Waals surface area contributed by atoms with Crippen LogP contribution in [0.1, 0.15) is 29.7 Å². The quantitative estimate of drug-likeness (QED) is 0.354. The number of aromatic hydroxyl groups is 1. The van der Waals surface area contributed by atoms with Gasteiger partial charge in [0.05, 0.1) is 17.8 Å². The lowest BCUT2D eigenvalue weighted by Gasteiger charge is -2.13. The van der Waals surface area contributed by atoms with Gasteiger partial charge in [-0.05, 0) is 30.5 Å². The average molecular weight is 458 g/mol. The molecule has 13 heteroatoms. The van der Waals surface area contributed by atoms with E-state index in [1.54, 1.807) is 0 Å². The topological polar surface area (TPSA) is 136 Å². The molecule has 5 rings (SSSR count). The Kier molecular flexibility index (Phi) is 4.87. The molecule has 0 aliphatic heterocycles. The Balaban J connectivity index is 1.58. The van der Waals surface area contributed by atoms with Crippen molar-refractivity contribution in [3.8, 4) is 5.88 Å². The van der Waals surface area contributed by atoms with E-state index in [2.05, 4.69) is 35.3 Å². The molecule has 0 spiro atoms. The standard InChI is InChI=1S/C20H17F3N8O2/c21-20(22,23)13-4-2-1-3-10(13)8-24-17-28-15-11(7-14-16(32)29-19(33)27-14)9-25-31(15)18(30-17)26-12-5-6-12/h1-4,7,9,12,32H,5-6,8H2,(H,24,26,30)(H2,27,29,33). The van der Waals surface area contributed by atoms with E-state index in [1.807, 2.05) is 0 Å². The van der Waals surface area contributed by atoms with Crippen LogP contribution in [0.15, 0.2) is 40.2 Å². The van der Waals surface area contributed by atoms with Gasteiger partial charge in [-0.15, -0.1) is 0 Å². The van der Waals surface area contributed by atoms with Crippen molar-refractivity contribution in [3.63, 3.8) is 0 Å². The molecule has 0 bridgehead atoms. The molecule has 0 radical (unpaired) electrons. The first-order valence-electron chi connectivity index (χ1n) is 9.99. The van der Waals surface area contributed by atoms with Crippen molar-refractivity contribution in [2.75, 3.05) is 5.32 Å². The SMILES string of the molecule is O=c1[nH]c(O)c(C=c2cnn3c(=NC4CC4)nc(NCc4ccccc4C(F)(F)F)nc23)[nH]1. The van der Waals surface area contributed by atoms with Gasteiger partial charge in [0.1, 0.15) is 5.69 Å². The molecular formula is C20H17F3N8O2. The number of aromatic nitrogens is 6. The number of benzene rings is 1. The number of nitrogens with one attached hydrogen (secondary N) is 3. The van der Waals surface area contributed by atoms with Gasteiger partial charge in [-0.3, -0.25) is 4.98 Å². The summed E-state index contributed by atoms with van der Waals surface area (Å²) >= 11 is 0. The van der Waals surface area contributed by atoms with Crippen LogP contribution in [0.2, 0.25) is 0 Å². The number of anilines is 1. The third-order valence-electron chi connectivity index (χ3n) is 5.02. The first-order chi connectivity index (χ1) is 15.8. The van der Waals surface area contributed by atoms with Crippen LogP contribution in [-0.4, -0.2) is 40.7 Å². The smallest absolute Gasteiger partial charge is 0.416 e. The molecule has 1 fully saturated rings. The van der Waals surface area contributed by atoms with E-state index in [0.717, 1.165) is 18.9 Å². The molecule has 0 atom stereocenters. The molecule has 170 valence electrons. The van der Waals surface area contributed by atoms with Gasteiger partial charge in [-0.2, -0.15) is 32.8 Å². The van der Waals surface area contributed by atoms with E-state index in [9.17, 15) is 23.1 Å². The van der Waals surface area contributed by atoms with Gasteiger partial charge in [0.15, 0.2) is 5.65 Å². The number of hydrogen-bond donors (Lipinski definition) is 4. The maximum atomic E-state index is 13.3. The Bertz CT molecular complexity index is 1510. The fraction of sp³-hybridized carbons (Fsp3) is 0.250. The number of hydrogen-bond acceptors (Lipinski definition) is 7. The maximum absolute atomic E-state index is 13.3. The van der Waals surface area contributed by atoms with Crippen LogP contribution in [0.25, 0.3) is 11.7 Å². The molecule has 0 saturated heterocycles. The molecule has 3 heterocycles. The minimum atomic E-state index is -4.49. The van der Waals surface area contributed by atoms with Crippen LogP contribution in [0.5, 0.6) is 5.88 Å². The van der Waals surface area contributed by atoms with Gasteiger partial charge < -0.3 is 15.4 Å². The molecule has 1 aliphatic rings. The molecule has 0 amide bonds. The normalized spacial score (nSPS) is 15.5. The minimum Gasteiger partial charge on any atom is -0.493 e. The summed E-state index contributed by atoms with van der Waals surface area (Å²) in [5, 5.41) is 17.4. The Labute approximate surface area is 182 Å². The van der Waals surface area contributed by atoms with Crippen LogP contribution >= 0.6 is 0 Å². The highest BCUT2D eigenvalue weighted by Gasteiger charge is 2.32. The monoisotopic (exact) mass is 458 g/mol. The van der Waals surface area contributed by atoms with Crippen molar-refractivity contribution in [2.45, 2.75) is 31.6 Å². The fourth-order valence-electron chi connectivity index (χ4n) is 3.28. The summed E-state index contributed by atoms with van der Waals surface area (Å²) in [7, 11) is 0. The number of aromatic amines is 2. The zero-order chi connectivity index (χ0) is 23.2. The summed E-state index contributed by atoms with van der Waals surface area (Å²) < 4.78 is 41.3. The summed E-state index contributed by atoms with van der Waals surface area (Å²) in [6, 6.07) is 5.36. The van der Waals surface area contributed by atoms with Gasteiger partial charge in [0.25, 0.3) is 5.62 Å². The summed E-state index contributed by atoms with van der Waals surface area (Å²) in [6.45, 7) is -0.159. The molecule has 10 nitrogen and oxygen atoms in total. The predicted molar refractivity (Wildman–Crippen MR) is 110 cm³/mol. The van der Waals surface area contributed by atoms with Crippen LogP contribution in [-0.2, 0) is 12.7 Å². The Hall–Kier alpha value is -4.16. The van der Waals surface area contributed by atoms with Gasteiger partial charge >= 0.3 is 11.9 Å². The van der Waals surface area contributed by atoms with Crippen molar-refractivity contribution in [1.29, 1.82) is 0 Å². The Morgan fingerprint density at radius 2 is 2.03 bits per heavy atom. The number of imidazole rings is 1. The van der Waals surface area contributed by atoms with E-state index in [4.69, 9.17) is 0 Å². The molecule has 1 saturated carbocycles. The lowest BCUT2D eigenvalue weighted by atomic mass is 10.1. The molecule has 4 aromatic rings. The van der Waals surface area contributed by atoms with E-state index >= 15 is 0 Å². The molecule has 1 aliphatic carbocycles. The summed E-state index contributed by atoms with van der Waals surface area (Å²) in [6.07, 6.45) is 0.256. The predicted octanol–water partition coefficient (Wildman–Crippen LogP) is 1.09. The van der Waals surface area contributed by atoms with Crippen LogP contribution in [0.3, 0.4) is 0 Å². The lowest BCUT2D eigenvalue weighted by Crippen LogP contribution is -2.25. The fourth-order valence-corrected chi connectivity index (χ4v) is 3.28. The van der Waals surface area contributed by atoms with E-state index in [0.29, 0.717) is 10.9 Å². The second kappa shape index (κ2) is 7.76. The molecular weight excluding hydrogens is 441 g/mol. The van der Waals surface area contributed by atoms with Crippen LogP contribution in [0.4, 0.5) is 19.1 Å². The molecule has 33 heavy (non-hydrogen) atoms. The first kappa shape index (κ1) is 20.7. The second-order valence-electron chi connectivity index (χ2n) is 7.54. The molecule has 0 unspecified atom stereocenters. The zero-order valence-electron chi connectivity index (χ0n) is 16.9. The average Bonchev–Trinajstić information content (AvgIpc) is 3.40. The number of halogens is 3.